The number of thioether (sulfide) groups is 1. The summed E-state index contributed by atoms with van der Waals surface area (Å²) in [7, 11) is 0. The van der Waals surface area contributed by atoms with E-state index in [0.29, 0.717) is 17.4 Å². The Morgan fingerprint density at radius 1 is 1.16 bits per heavy atom. The number of nitrogens with zero attached hydrogens (tertiary/aromatic N) is 7. The van der Waals surface area contributed by atoms with Gasteiger partial charge in [-0.25, -0.2) is 14.5 Å². The van der Waals surface area contributed by atoms with Gasteiger partial charge < -0.3 is 9.47 Å². The van der Waals surface area contributed by atoms with Crippen molar-refractivity contribution in [2.24, 2.45) is 0 Å². The number of rotatable bonds is 5. The third kappa shape index (κ3) is 3.54. The van der Waals surface area contributed by atoms with E-state index < -0.39 is 0 Å². The number of likely N-dealkylation sites (tertiary alicyclic amines) is 1. The lowest BCUT2D eigenvalue weighted by Crippen LogP contribution is -2.39. The Balaban J connectivity index is 1.40. The molecular formula is C23H27N7OS. The number of imidazole rings is 1. The van der Waals surface area contributed by atoms with Crippen molar-refractivity contribution in [3.05, 3.63) is 47.0 Å². The fraction of sp³-hybridized carbons (Fsp3) is 0.435. The minimum atomic E-state index is 0.145. The number of hydrogen-bond donors (Lipinski definition) is 0. The van der Waals surface area contributed by atoms with Crippen LogP contribution in [0.25, 0.3) is 16.8 Å². The molecule has 0 unspecified atom stereocenters. The summed E-state index contributed by atoms with van der Waals surface area (Å²) < 4.78 is 4.00. The van der Waals surface area contributed by atoms with Crippen LogP contribution in [0, 0.1) is 20.8 Å². The fourth-order valence-corrected chi connectivity index (χ4v) is 5.11. The van der Waals surface area contributed by atoms with Gasteiger partial charge in [-0.1, -0.05) is 23.9 Å². The van der Waals surface area contributed by atoms with Gasteiger partial charge in [-0.3, -0.25) is 4.79 Å². The SMILES string of the molecule is CSc1nc2nc(C)c(CC(=O)N3CCC[C@@H]3Cn3c(C)nc4ccccc43)c(C)n2n1. The minimum Gasteiger partial charge on any atom is -0.338 e. The number of hydrogen-bond acceptors (Lipinski definition) is 6. The van der Waals surface area contributed by atoms with Crippen LogP contribution >= 0.6 is 11.8 Å². The second-order valence-corrected chi connectivity index (χ2v) is 9.16. The van der Waals surface area contributed by atoms with Crippen LogP contribution in [0.4, 0.5) is 0 Å². The molecule has 0 N–H and O–H groups in total. The number of fused-ring (bicyclic) bond motifs is 2. The standard InChI is InChI=1S/C23H27N7OS/c1-14-18(15(2)30-22(24-14)26-23(27-30)32-4)12-21(31)28-11-7-8-17(28)13-29-16(3)25-19-9-5-6-10-20(19)29/h5-6,9-10,17H,7-8,11-13H2,1-4H3/t17-/m1/s1. The summed E-state index contributed by atoms with van der Waals surface area (Å²) in [4.78, 5) is 29.2. The first-order chi connectivity index (χ1) is 15.5. The molecule has 0 spiro atoms. The molecule has 1 aliphatic rings. The highest BCUT2D eigenvalue weighted by molar-refractivity contribution is 7.98. The van der Waals surface area contributed by atoms with Crippen molar-refractivity contribution in [1.29, 1.82) is 0 Å². The number of para-hydroxylation sites is 2. The van der Waals surface area contributed by atoms with E-state index >= 15 is 0 Å². The summed E-state index contributed by atoms with van der Waals surface area (Å²) >= 11 is 1.49. The maximum atomic E-state index is 13.4. The number of carbonyl (C=O) groups excluding carboxylic acids is 1. The molecule has 0 bridgehead atoms. The average Bonchev–Trinajstić information content (AvgIpc) is 3.49. The Kier molecular flexibility index (Phi) is 5.36. The van der Waals surface area contributed by atoms with Gasteiger partial charge in [0.05, 0.1) is 17.5 Å². The molecule has 5 rings (SSSR count). The van der Waals surface area contributed by atoms with Crippen molar-refractivity contribution in [3.8, 4) is 0 Å². The van der Waals surface area contributed by atoms with E-state index in [1.165, 1.54) is 11.8 Å². The third-order valence-electron chi connectivity index (χ3n) is 6.48. The number of amides is 1. The van der Waals surface area contributed by atoms with Crippen molar-refractivity contribution in [3.63, 3.8) is 0 Å². The Morgan fingerprint density at radius 2 is 1.97 bits per heavy atom. The highest BCUT2D eigenvalue weighted by Crippen LogP contribution is 2.25. The lowest BCUT2D eigenvalue weighted by molar-refractivity contribution is -0.131. The van der Waals surface area contributed by atoms with Gasteiger partial charge in [0.25, 0.3) is 5.78 Å². The lowest BCUT2D eigenvalue weighted by Gasteiger charge is -2.26. The van der Waals surface area contributed by atoms with Gasteiger partial charge in [-0.05, 0) is 52.0 Å². The molecule has 166 valence electrons. The van der Waals surface area contributed by atoms with Crippen LogP contribution in [0.15, 0.2) is 29.4 Å². The summed E-state index contributed by atoms with van der Waals surface area (Å²) in [5.74, 6) is 1.72. The van der Waals surface area contributed by atoms with Gasteiger partial charge in [0, 0.05) is 36.1 Å². The van der Waals surface area contributed by atoms with Crippen LogP contribution in [0.3, 0.4) is 0 Å². The molecule has 8 nitrogen and oxygen atoms in total. The Bertz CT molecular complexity index is 1330. The smallest absolute Gasteiger partial charge is 0.253 e. The molecule has 0 radical (unpaired) electrons. The van der Waals surface area contributed by atoms with Gasteiger partial charge in [-0.15, -0.1) is 5.10 Å². The number of aryl methyl sites for hydroxylation is 3. The van der Waals surface area contributed by atoms with Crippen LogP contribution < -0.4 is 0 Å². The highest BCUT2D eigenvalue weighted by atomic mass is 32.2. The maximum Gasteiger partial charge on any atom is 0.253 e. The van der Waals surface area contributed by atoms with E-state index in [1.807, 2.05) is 50.1 Å². The molecular weight excluding hydrogens is 422 g/mol. The molecule has 1 aliphatic heterocycles. The molecule has 9 heteroatoms. The predicted octanol–water partition coefficient (Wildman–Crippen LogP) is 3.35. The van der Waals surface area contributed by atoms with Crippen molar-refractivity contribution < 1.29 is 4.79 Å². The molecule has 0 saturated carbocycles. The van der Waals surface area contributed by atoms with Crippen LogP contribution in [-0.4, -0.2) is 58.8 Å². The van der Waals surface area contributed by atoms with Crippen LogP contribution in [-0.2, 0) is 17.8 Å². The average molecular weight is 450 g/mol. The van der Waals surface area contributed by atoms with Gasteiger partial charge in [-0.2, -0.15) is 4.98 Å². The van der Waals surface area contributed by atoms with Crippen LogP contribution in [0.1, 0.15) is 35.6 Å². The lowest BCUT2D eigenvalue weighted by atomic mass is 10.1. The van der Waals surface area contributed by atoms with Crippen molar-refractivity contribution in [2.45, 2.75) is 57.8 Å². The van der Waals surface area contributed by atoms with Crippen LogP contribution in [0.5, 0.6) is 0 Å². The summed E-state index contributed by atoms with van der Waals surface area (Å²) in [6.45, 7) is 7.54. The van der Waals surface area contributed by atoms with E-state index in [4.69, 9.17) is 0 Å². The normalized spacial score (nSPS) is 16.5. The molecule has 32 heavy (non-hydrogen) atoms. The van der Waals surface area contributed by atoms with E-state index in [2.05, 4.69) is 30.7 Å². The Morgan fingerprint density at radius 3 is 2.78 bits per heavy atom. The van der Waals surface area contributed by atoms with E-state index in [-0.39, 0.29) is 11.9 Å². The van der Waals surface area contributed by atoms with Crippen molar-refractivity contribution in [1.82, 2.24) is 34.0 Å². The van der Waals surface area contributed by atoms with Crippen LogP contribution in [0.2, 0.25) is 0 Å². The first-order valence-electron chi connectivity index (χ1n) is 10.9. The minimum absolute atomic E-state index is 0.145. The van der Waals surface area contributed by atoms with E-state index in [9.17, 15) is 4.79 Å². The quantitative estimate of drug-likeness (QED) is 0.435. The molecule has 1 atom stereocenters. The topological polar surface area (TPSA) is 81.2 Å². The number of aromatic nitrogens is 6. The predicted molar refractivity (Wildman–Crippen MR) is 125 cm³/mol. The first kappa shape index (κ1) is 20.9. The molecule has 1 fully saturated rings. The van der Waals surface area contributed by atoms with Gasteiger partial charge in [0.1, 0.15) is 5.82 Å². The summed E-state index contributed by atoms with van der Waals surface area (Å²) in [5.41, 5.74) is 4.84. The monoisotopic (exact) mass is 449 g/mol. The summed E-state index contributed by atoms with van der Waals surface area (Å²) in [6, 6.07) is 8.37. The van der Waals surface area contributed by atoms with Gasteiger partial charge in [0.15, 0.2) is 0 Å². The zero-order valence-corrected chi connectivity index (χ0v) is 19.7. The van der Waals surface area contributed by atoms with Crippen molar-refractivity contribution >= 4 is 34.5 Å². The molecule has 4 aromatic rings. The fourth-order valence-electron chi connectivity index (χ4n) is 4.78. The zero-order chi connectivity index (χ0) is 22.4. The largest absolute Gasteiger partial charge is 0.338 e. The van der Waals surface area contributed by atoms with Gasteiger partial charge >= 0.3 is 0 Å². The van der Waals surface area contributed by atoms with Gasteiger partial charge in [0.2, 0.25) is 11.1 Å². The molecule has 3 aromatic heterocycles. The second-order valence-electron chi connectivity index (χ2n) is 8.39. The third-order valence-corrected chi connectivity index (χ3v) is 7.01. The highest BCUT2D eigenvalue weighted by Gasteiger charge is 2.30. The first-order valence-corrected chi connectivity index (χ1v) is 12.2. The second kappa shape index (κ2) is 8.20. The Hall–Kier alpha value is -2.94. The maximum absolute atomic E-state index is 13.4. The summed E-state index contributed by atoms with van der Waals surface area (Å²) in [5, 5.41) is 5.20. The number of carbonyl (C=O) groups is 1. The molecule has 4 heterocycles. The molecule has 1 amide bonds. The number of benzene rings is 1. The Labute approximate surface area is 191 Å². The van der Waals surface area contributed by atoms with Crippen molar-refractivity contribution in [2.75, 3.05) is 12.8 Å². The molecule has 0 aliphatic carbocycles. The summed E-state index contributed by atoms with van der Waals surface area (Å²) in [6.07, 6.45) is 4.31. The molecule has 1 saturated heterocycles. The zero-order valence-electron chi connectivity index (χ0n) is 18.9. The van der Waals surface area contributed by atoms with E-state index in [1.54, 1.807) is 4.52 Å². The van der Waals surface area contributed by atoms with E-state index in [0.717, 1.165) is 59.7 Å². The molecule has 1 aromatic carbocycles.